The summed E-state index contributed by atoms with van der Waals surface area (Å²) in [6, 6.07) is 5.20. The molecular weight excluding hydrogens is 266 g/mol. The van der Waals surface area contributed by atoms with Gasteiger partial charge in [-0.05, 0) is 24.6 Å². The van der Waals surface area contributed by atoms with Gasteiger partial charge < -0.3 is 9.72 Å². The third-order valence-electron chi connectivity index (χ3n) is 2.50. The van der Waals surface area contributed by atoms with Crippen molar-refractivity contribution in [1.29, 1.82) is 0 Å². The van der Waals surface area contributed by atoms with Crippen LogP contribution < -0.4 is 5.32 Å². The minimum absolute atomic E-state index is 0.465. The number of carbonyl (C=O) groups is 1. The normalized spacial score (nSPS) is 12.3. The first-order chi connectivity index (χ1) is 9.13. The molecule has 1 atom stereocenters. The van der Waals surface area contributed by atoms with Gasteiger partial charge in [0.05, 0.1) is 28.9 Å². The third kappa shape index (κ3) is 3.11. The molecule has 2 aromatic rings. The van der Waals surface area contributed by atoms with E-state index in [1.54, 1.807) is 18.2 Å². The molecule has 2 N–H and O–H groups in total. The number of ether oxygens (including phenoxy) is 1. The number of benzene rings is 1. The molecule has 0 aliphatic rings. The van der Waals surface area contributed by atoms with Gasteiger partial charge in [0, 0.05) is 11.4 Å². The molecule has 0 aliphatic carbocycles. The van der Waals surface area contributed by atoms with Crippen molar-refractivity contribution in [2.75, 3.05) is 18.2 Å². The van der Waals surface area contributed by atoms with Crippen molar-refractivity contribution >= 4 is 33.6 Å². The predicted octanol–water partition coefficient (Wildman–Crippen LogP) is 2.26. The summed E-state index contributed by atoms with van der Waals surface area (Å²) in [5.74, 6) is 0.576. The Balaban J connectivity index is 2.28. The van der Waals surface area contributed by atoms with Gasteiger partial charge in [-0.25, -0.2) is 9.78 Å². The topological polar surface area (TPSA) is 84.1 Å². The van der Waals surface area contributed by atoms with Crippen molar-refractivity contribution in [3.8, 4) is 0 Å². The van der Waals surface area contributed by atoms with E-state index >= 15 is 0 Å². The van der Waals surface area contributed by atoms with Crippen LogP contribution in [0.25, 0.3) is 11.0 Å². The number of aromatic amines is 1. The second-order valence-electron chi connectivity index (χ2n) is 3.94. The molecule has 1 amide bonds. The molecule has 0 radical (unpaired) electrons. The maximum absolute atomic E-state index is 11.9. The van der Waals surface area contributed by atoms with E-state index in [2.05, 4.69) is 20.0 Å². The van der Waals surface area contributed by atoms with Crippen LogP contribution in [0.4, 0.5) is 10.5 Å². The second-order valence-corrected chi connectivity index (χ2v) is 5.43. The number of imidazole rings is 1. The molecule has 0 saturated heterocycles. The number of H-pyrrole nitrogens is 1. The van der Waals surface area contributed by atoms with E-state index < -0.39 is 16.9 Å². The number of nitrogens with one attached hydrogen (secondary N) is 2. The van der Waals surface area contributed by atoms with Gasteiger partial charge in [0.15, 0.2) is 5.16 Å². The number of amides is 1. The van der Waals surface area contributed by atoms with E-state index in [1.165, 1.54) is 7.11 Å². The first kappa shape index (κ1) is 13.5. The average Bonchev–Trinajstić information content (AvgIpc) is 2.82. The Labute approximate surface area is 113 Å². The van der Waals surface area contributed by atoms with Crippen molar-refractivity contribution in [3.63, 3.8) is 0 Å². The van der Waals surface area contributed by atoms with Gasteiger partial charge >= 0.3 is 6.09 Å². The van der Waals surface area contributed by atoms with Gasteiger partial charge in [-0.1, -0.05) is 6.92 Å². The summed E-state index contributed by atoms with van der Waals surface area (Å²) >= 11 is 0. The standard InChI is InChI=1S/C12H15N3O3S/c1-3-6-19(17)11-14-9-5-4-8(7-10(9)15-11)13-12(16)18-2/h4-5,7H,3,6H2,1-2H3,(H,13,16)(H,14,15). The van der Waals surface area contributed by atoms with Crippen molar-refractivity contribution in [2.24, 2.45) is 0 Å². The van der Waals surface area contributed by atoms with Crippen LogP contribution in [0.3, 0.4) is 0 Å². The van der Waals surface area contributed by atoms with Crippen molar-refractivity contribution in [2.45, 2.75) is 18.5 Å². The Morgan fingerprint density at radius 1 is 1.53 bits per heavy atom. The van der Waals surface area contributed by atoms with Gasteiger partial charge in [-0.3, -0.25) is 9.53 Å². The lowest BCUT2D eigenvalue weighted by Gasteiger charge is -2.02. The van der Waals surface area contributed by atoms with E-state index in [1.807, 2.05) is 6.92 Å². The number of fused-ring (bicyclic) bond motifs is 1. The predicted molar refractivity (Wildman–Crippen MR) is 73.7 cm³/mol. The lowest BCUT2D eigenvalue weighted by atomic mass is 10.3. The molecular formula is C12H15N3O3S. The zero-order valence-corrected chi connectivity index (χ0v) is 11.5. The fourth-order valence-corrected chi connectivity index (χ4v) is 2.61. The zero-order valence-electron chi connectivity index (χ0n) is 10.7. The number of anilines is 1. The number of rotatable bonds is 4. The summed E-state index contributed by atoms with van der Waals surface area (Å²) in [5, 5.41) is 3.03. The molecule has 1 aromatic heterocycles. The lowest BCUT2D eigenvalue weighted by molar-refractivity contribution is 0.187. The highest BCUT2D eigenvalue weighted by atomic mass is 32.2. The molecule has 2 rings (SSSR count). The van der Waals surface area contributed by atoms with Crippen LogP contribution in [-0.4, -0.2) is 33.1 Å². The van der Waals surface area contributed by atoms with E-state index in [4.69, 9.17) is 0 Å². The fraction of sp³-hybridized carbons (Fsp3) is 0.333. The van der Waals surface area contributed by atoms with Crippen LogP contribution >= 0.6 is 0 Å². The molecule has 19 heavy (non-hydrogen) atoms. The Kier molecular flexibility index (Phi) is 4.16. The van der Waals surface area contributed by atoms with Gasteiger partial charge in [0.1, 0.15) is 0 Å². The van der Waals surface area contributed by atoms with Crippen LogP contribution in [0.5, 0.6) is 0 Å². The third-order valence-corrected chi connectivity index (χ3v) is 3.90. The summed E-state index contributed by atoms with van der Waals surface area (Å²) in [4.78, 5) is 18.4. The van der Waals surface area contributed by atoms with E-state index in [0.29, 0.717) is 16.6 Å². The molecule has 1 unspecified atom stereocenters. The molecule has 0 spiro atoms. The molecule has 0 saturated carbocycles. The van der Waals surface area contributed by atoms with Crippen LogP contribution in [0.15, 0.2) is 23.4 Å². The summed E-state index contributed by atoms with van der Waals surface area (Å²) in [6.45, 7) is 1.97. The number of hydrogen-bond acceptors (Lipinski definition) is 4. The SMILES string of the molecule is CCCS(=O)c1nc2ccc(NC(=O)OC)cc2[nH]1. The minimum atomic E-state index is -1.11. The summed E-state index contributed by atoms with van der Waals surface area (Å²) in [7, 11) is 0.188. The van der Waals surface area contributed by atoms with Crippen LogP contribution in [0.2, 0.25) is 0 Å². The summed E-state index contributed by atoms with van der Waals surface area (Å²) in [5.41, 5.74) is 2.04. The van der Waals surface area contributed by atoms with Gasteiger partial charge in [-0.2, -0.15) is 0 Å². The molecule has 0 fully saturated rings. The quantitative estimate of drug-likeness (QED) is 0.900. The Bertz CT molecular complexity index is 624. The Morgan fingerprint density at radius 2 is 2.32 bits per heavy atom. The molecule has 7 heteroatoms. The first-order valence-electron chi connectivity index (χ1n) is 5.87. The van der Waals surface area contributed by atoms with Crippen molar-refractivity contribution in [1.82, 2.24) is 9.97 Å². The maximum atomic E-state index is 11.9. The second kappa shape index (κ2) is 5.83. The molecule has 102 valence electrons. The largest absolute Gasteiger partial charge is 0.453 e. The molecule has 0 aliphatic heterocycles. The van der Waals surface area contributed by atoms with Crippen molar-refractivity contribution < 1.29 is 13.7 Å². The first-order valence-corrected chi connectivity index (χ1v) is 7.19. The molecule has 6 nitrogen and oxygen atoms in total. The maximum Gasteiger partial charge on any atom is 0.411 e. The number of methoxy groups -OCH3 is 1. The van der Waals surface area contributed by atoms with E-state index in [-0.39, 0.29) is 0 Å². The van der Waals surface area contributed by atoms with Crippen LogP contribution in [-0.2, 0) is 15.5 Å². The minimum Gasteiger partial charge on any atom is -0.453 e. The number of carbonyl (C=O) groups excluding carboxylic acids is 1. The van der Waals surface area contributed by atoms with Gasteiger partial charge in [0.2, 0.25) is 0 Å². The fourth-order valence-electron chi connectivity index (χ4n) is 1.62. The average molecular weight is 281 g/mol. The monoisotopic (exact) mass is 281 g/mol. The number of hydrogen-bond donors (Lipinski definition) is 2. The Morgan fingerprint density at radius 3 is 3.00 bits per heavy atom. The number of aromatic nitrogens is 2. The molecule has 1 heterocycles. The molecule has 0 bridgehead atoms. The Hall–Kier alpha value is -1.89. The highest BCUT2D eigenvalue weighted by Gasteiger charge is 2.10. The van der Waals surface area contributed by atoms with Gasteiger partial charge in [-0.15, -0.1) is 0 Å². The van der Waals surface area contributed by atoms with Gasteiger partial charge in [0.25, 0.3) is 0 Å². The summed E-state index contributed by atoms with van der Waals surface area (Å²) in [6.07, 6.45) is 0.298. The smallest absolute Gasteiger partial charge is 0.411 e. The van der Waals surface area contributed by atoms with E-state index in [9.17, 15) is 9.00 Å². The van der Waals surface area contributed by atoms with E-state index in [0.717, 1.165) is 17.5 Å². The molecule has 1 aromatic carbocycles. The van der Waals surface area contributed by atoms with Crippen LogP contribution in [0, 0.1) is 0 Å². The lowest BCUT2D eigenvalue weighted by Crippen LogP contribution is -2.10. The highest BCUT2D eigenvalue weighted by Crippen LogP contribution is 2.19. The number of nitrogens with zero attached hydrogens (tertiary/aromatic N) is 1. The highest BCUT2D eigenvalue weighted by molar-refractivity contribution is 7.84. The van der Waals surface area contributed by atoms with Crippen molar-refractivity contribution in [3.05, 3.63) is 18.2 Å². The summed E-state index contributed by atoms with van der Waals surface area (Å²) < 4.78 is 16.4. The van der Waals surface area contributed by atoms with Crippen LogP contribution in [0.1, 0.15) is 13.3 Å². The zero-order chi connectivity index (χ0) is 13.8.